The minimum atomic E-state index is -2.96. The van der Waals surface area contributed by atoms with Gasteiger partial charge in [0.2, 0.25) is 0 Å². The smallest absolute Gasteiger partial charge is 0.257 e. The van der Waals surface area contributed by atoms with E-state index in [2.05, 4.69) is 15.6 Å². The average Bonchev–Trinajstić information content (AvgIpc) is 2.88. The first kappa shape index (κ1) is 16.7. The standard InChI is InChI=1S/C16H16ClN3O3S/c17-12-1-3-13(4-2-12)20-16(21)11-7-15(9-18-8-11)19-14-5-6-24(22,23)10-14/h1-4,7-9,14,19H,5-6,10H2,(H,20,21). The SMILES string of the molecule is O=C(Nc1ccc(Cl)cc1)c1cncc(NC2CCS(=O)(=O)C2)c1. The van der Waals surface area contributed by atoms with Crippen molar-refractivity contribution in [1.29, 1.82) is 0 Å². The number of aromatic nitrogens is 1. The van der Waals surface area contributed by atoms with Crippen LogP contribution in [0.3, 0.4) is 0 Å². The lowest BCUT2D eigenvalue weighted by atomic mass is 10.2. The molecule has 2 aromatic rings. The van der Waals surface area contributed by atoms with Gasteiger partial charge in [0.15, 0.2) is 9.84 Å². The molecule has 1 amide bonds. The number of nitrogens with one attached hydrogen (secondary N) is 2. The lowest BCUT2D eigenvalue weighted by Crippen LogP contribution is -2.21. The molecule has 126 valence electrons. The summed E-state index contributed by atoms with van der Waals surface area (Å²) in [6, 6.07) is 8.30. The number of hydrogen-bond donors (Lipinski definition) is 2. The molecule has 1 aliphatic heterocycles. The molecular weight excluding hydrogens is 350 g/mol. The van der Waals surface area contributed by atoms with Gasteiger partial charge in [0.05, 0.1) is 22.8 Å². The Morgan fingerprint density at radius 1 is 1.17 bits per heavy atom. The van der Waals surface area contributed by atoms with Crippen LogP contribution in [-0.4, -0.2) is 36.9 Å². The second kappa shape index (κ2) is 6.78. The average molecular weight is 366 g/mol. The van der Waals surface area contributed by atoms with Gasteiger partial charge in [0.25, 0.3) is 5.91 Å². The third-order valence-electron chi connectivity index (χ3n) is 3.71. The maximum absolute atomic E-state index is 12.3. The van der Waals surface area contributed by atoms with Gasteiger partial charge in [0, 0.05) is 29.1 Å². The number of rotatable bonds is 4. The summed E-state index contributed by atoms with van der Waals surface area (Å²) in [7, 11) is -2.96. The van der Waals surface area contributed by atoms with Gasteiger partial charge in [0.1, 0.15) is 0 Å². The molecule has 0 aliphatic carbocycles. The second-order valence-electron chi connectivity index (χ2n) is 5.67. The van der Waals surface area contributed by atoms with E-state index in [1.807, 2.05) is 0 Å². The van der Waals surface area contributed by atoms with Crippen LogP contribution < -0.4 is 10.6 Å². The molecule has 24 heavy (non-hydrogen) atoms. The van der Waals surface area contributed by atoms with E-state index in [0.29, 0.717) is 28.4 Å². The number of anilines is 2. The third kappa shape index (κ3) is 4.24. The van der Waals surface area contributed by atoms with Crippen molar-refractivity contribution in [1.82, 2.24) is 4.98 Å². The second-order valence-corrected chi connectivity index (χ2v) is 8.33. The zero-order valence-electron chi connectivity index (χ0n) is 12.7. The molecule has 2 N–H and O–H groups in total. The molecule has 1 fully saturated rings. The van der Waals surface area contributed by atoms with Crippen LogP contribution >= 0.6 is 11.6 Å². The van der Waals surface area contributed by atoms with Gasteiger partial charge in [-0.2, -0.15) is 0 Å². The van der Waals surface area contributed by atoms with E-state index in [0.717, 1.165) is 0 Å². The topological polar surface area (TPSA) is 88.2 Å². The van der Waals surface area contributed by atoms with Crippen molar-refractivity contribution in [3.63, 3.8) is 0 Å². The van der Waals surface area contributed by atoms with Gasteiger partial charge in [-0.15, -0.1) is 0 Å². The Morgan fingerprint density at radius 2 is 1.92 bits per heavy atom. The number of carbonyl (C=O) groups excluding carboxylic acids is 1. The van der Waals surface area contributed by atoms with Crippen LogP contribution in [0.5, 0.6) is 0 Å². The zero-order chi connectivity index (χ0) is 17.2. The molecular formula is C16H16ClN3O3S. The van der Waals surface area contributed by atoms with Crippen LogP contribution in [-0.2, 0) is 9.84 Å². The summed E-state index contributed by atoms with van der Waals surface area (Å²) in [5.74, 6) is -0.00392. The van der Waals surface area contributed by atoms with E-state index in [1.165, 1.54) is 6.20 Å². The fraction of sp³-hybridized carbons (Fsp3) is 0.250. The Hall–Kier alpha value is -2.12. The van der Waals surface area contributed by atoms with Crippen molar-refractivity contribution in [2.24, 2.45) is 0 Å². The summed E-state index contributed by atoms with van der Waals surface area (Å²) in [4.78, 5) is 16.3. The highest BCUT2D eigenvalue weighted by atomic mass is 35.5. The summed E-state index contributed by atoms with van der Waals surface area (Å²) in [5, 5.41) is 6.47. The van der Waals surface area contributed by atoms with Crippen LogP contribution in [0.1, 0.15) is 16.8 Å². The Labute approximate surface area is 145 Å². The molecule has 1 atom stereocenters. The predicted octanol–water partition coefficient (Wildman–Crippen LogP) is 2.59. The molecule has 0 spiro atoms. The lowest BCUT2D eigenvalue weighted by Gasteiger charge is -2.13. The van der Waals surface area contributed by atoms with Crippen molar-refractivity contribution in [2.75, 3.05) is 22.1 Å². The number of sulfone groups is 1. The number of hydrogen-bond acceptors (Lipinski definition) is 5. The minimum absolute atomic E-state index is 0.105. The highest BCUT2D eigenvalue weighted by Gasteiger charge is 2.27. The maximum Gasteiger partial charge on any atom is 0.257 e. The van der Waals surface area contributed by atoms with Gasteiger partial charge in [-0.05, 0) is 36.8 Å². The molecule has 1 unspecified atom stereocenters. The highest BCUT2D eigenvalue weighted by molar-refractivity contribution is 7.91. The molecule has 6 nitrogen and oxygen atoms in total. The monoisotopic (exact) mass is 365 g/mol. The van der Waals surface area contributed by atoms with E-state index in [9.17, 15) is 13.2 Å². The van der Waals surface area contributed by atoms with Crippen molar-refractivity contribution >= 4 is 38.7 Å². The third-order valence-corrected chi connectivity index (χ3v) is 5.73. The number of nitrogens with zero attached hydrogens (tertiary/aromatic N) is 1. The Balaban J connectivity index is 1.68. The lowest BCUT2D eigenvalue weighted by molar-refractivity contribution is 0.102. The first-order valence-corrected chi connectivity index (χ1v) is 9.60. The fourth-order valence-electron chi connectivity index (χ4n) is 2.52. The number of halogens is 1. The van der Waals surface area contributed by atoms with Gasteiger partial charge >= 0.3 is 0 Å². The predicted molar refractivity (Wildman–Crippen MR) is 94.3 cm³/mol. The Kier molecular flexibility index (Phi) is 4.73. The molecule has 1 aromatic heterocycles. The van der Waals surface area contributed by atoms with Crippen LogP contribution in [0, 0.1) is 0 Å². The summed E-state index contributed by atoms with van der Waals surface area (Å²) in [6.07, 6.45) is 3.59. The fourth-order valence-corrected chi connectivity index (χ4v) is 4.32. The van der Waals surface area contributed by atoms with Gasteiger partial charge in [-0.1, -0.05) is 11.6 Å². The number of amides is 1. The normalized spacial score (nSPS) is 19.0. The summed E-state index contributed by atoms with van der Waals surface area (Å²) < 4.78 is 23.0. The minimum Gasteiger partial charge on any atom is -0.380 e. The highest BCUT2D eigenvalue weighted by Crippen LogP contribution is 2.19. The summed E-state index contributed by atoms with van der Waals surface area (Å²) >= 11 is 5.81. The summed E-state index contributed by atoms with van der Waals surface area (Å²) in [5.41, 5.74) is 1.64. The van der Waals surface area contributed by atoms with E-state index < -0.39 is 9.84 Å². The first-order chi connectivity index (χ1) is 11.4. The van der Waals surface area contributed by atoms with Crippen molar-refractivity contribution in [2.45, 2.75) is 12.5 Å². The van der Waals surface area contributed by atoms with Crippen LogP contribution in [0.15, 0.2) is 42.7 Å². The quantitative estimate of drug-likeness (QED) is 0.869. The van der Waals surface area contributed by atoms with Crippen molar-refractivity contribution in [3.8, 4) is 0 Å². The van der Waals surface area contributed by atoms with Crippen LogP contribution in [0.25, 0.3) is 0 Å². The Bertz CT molecular complexity index is 853. The molecule has 2 heterocycles. The van der Waals surface area contributed by atoms with E-state index in [-0.39, 0.29) is 23.5 Å². The Morgan fingerprint density at radius 3 is 2.58 bits per heavy atom. The van der Waals surface area contributed by atoms with E-state index in [4.69, 9.17) is 11.6 Å². The van der Waals surface area contributed by atoms with Gasteiger partial charge in [-0.25, -0.2) is 8.42 Å². The largest absolute Gasteiger partial charge is 0.380 e. The molecule has 0 saturated carbocycles. The van der Waals surface area contributed by atoms with Crippen molar-refractivity contribution in [3.05, 3.63) is 53.3 Å². The van der Waals surface area contributed by atoms with E-state index in [1.54, 1.807) is 36.5 Å². The molecule has 8 heteroatoms. The van der Waals surface area contributed by atoms with Gasteiger partial charge in [-0.3, -0.25) is 9.78 Å². The summed E-state index contributed by atoms with van der Waals surface area (Å²) in [6.45, 7) is 0. The first-order valence-electron chi connectivity index (χ1n) is 7.40. The molecule has 1 aliphatic rings. The van der Waals surface area contributed by atoms with Crippen molar-refractivity contribution < 1.29 is 13.2 Å². The zero-order valence-corrected chi connectivity index (χ0v) is 14.3. The van der Waals surface area contributed by atoms with Gasteiger partial charge < -0.3 is 10.6 Å². The molecule has 1 aromatic carbocycles. The maximum atomic E-state index is 12.3. The number of pyridine rings is 1. The molecule has 0 bridgehead atoms. The molecule has 3 rings (SSSR count). The number of carbonyl (C=O) groups is 1. The van der Waals surface area contributed by atoms with Crippen LogP contribution in [0.4, 0.5) is 11.4 Å². The molecule has 1 saturated heterocycles. The molecule has 0 radical (unpaired) electrons. The van der Waals surface area contributed by atoms with Crippen LogP contribution in [0.2, 0.25) is 5.02 Å². The van der Waals surface area contributed by atoms with E-state index >= 15 is 0 Å². The number of benzene rings is 1.